The molecule has 2 saturated carbocycles. The molecule has 2 atom stereocenters. The van der Waals surface area contributed by atoms with E-state index in [1.165, 1.54) is 6.42 Å². The summed E-state index contributed by atoms with van der Waals surface area (Å²) in [5, 5.41) is 12.1. The number of nitrogens with one attached hydrogen (secondary N) is 1. The molecule has 0 bridgehead atoms. The maximum atomic E-state index is 12.1. The van der Waals surface area contributed by atoms with Crippen LogP contribution in [-0.2, 0) is 4.79 Å². The number of aliphatic hydroxyl groups excluding tert-OH is 1. The molecule has 2 aliphatic rings. The van der Waals surface area contributed by atoms with Crippen molar-refractivity contribution in [3.8, 4) is 0 Å². The zero-order valence-corrected chi connectivity index (χ0v) is 9.91. The number of aliphatic hydroxyl groups is 1. The van der Waals surface area contributed by atoms with E-state index in [1.54, 1.807) is 0 Å². The summed E-state index contributed by atoms with van der Waals surface area (Å²) in [7, 11) is 0. The van der Waals surface area contributed by atoms with Gasteiger partial charge < -0.3 is 16.2 Å². The van der Waals surface area contributed by atoms with E-state index in [2.05, 4.69) is 12.2 Å². The highest BCUT2D eigenvalue weighted by molar-refractivity contribution is 5.86. The van der Waals surface area contributed by atoms with Gasteiger partial charge in [-0.15, -0.1) is 0 Å². The van der Waals surface area contributed by atoms with Gasteiger partial charge in [0.05, 0.1) is 11.6 Å². The van der Waals surface area contributed by atoms with Gasteiger partial charge in [0.2, 0.25) is 5.91 Å². The van der Waals surface area contributed by atoms with Gasteiger partial charge in [-0.2, -0.15) is 0 Å². The van der Waals surface area contributed by atoms with E-state index < -0.39 is 5.54 Å². The Hall–Kier alpha value is -0.610. The summed E-state index contributed by atoms with van der Waals surface area (Å²) < 4.78 is 0. The van der Waals surface area contributed by atoms with Crippen molar-refractivity contribution < 1.29 is 9.90 Å². The quantitative estimate of drug-likeness (QED) is 0.643. The fourth-order valence-corrected chi connectivity index (χ4v) is 2.83. The third kappa shape index (κ3) is 2.38. The van der Waals surface area contributed by atoms with E-state index >= 15 is 0 Å². The van der Waals surface area contributed by atoms with Crippen LogP contribution in [0, 0.1) is 5.92 Å². The molecule has 1 amide bonds. The van der Waals surface area contributed by atoms with Gasteiger partial charge in [-0.1, -0.05) is 19.8 Å². The molecule has 16 heavy (non-hydrogen) atoms. The third-order valence-corrected chi connectivity index (χ3v) is 3.93. The molecule has 4 N–H and O–H groups in total. The maximum absolute atomic E-state index is 12.1. The summed E-state index contributed by atoms with van der Waals surface area (Å²) in [6.45, 7) is 2.15. The Morgan fingerprint density at radius 3 is 2.75 bits per heavy atom. The Labute approximate surface area is 96.6 Å². The summed E-state index contributed by atoms with van der Waals surface area (Å²) in [5.74, 6) is 0.521. The highest BCUT2D eigenvalue weighted by Gasteiger charge is 2.40. The second-order valence-corrected chi connectivity index (χ2v) is 5.65. The Morgan fingerprint density at radius 1 is 1.50 bits per heavy atom. The molecule has 0 radical (unpaired) electrons. The Kier molecular flexibility index (Phi) is 3.22. The lowest BCUT2D eigenvalue weighted by Crippen LogP contribution is -2.60. The number of amides is 1. The van der Waals surface area contributed by atoms with Gasteiger partial charge in [-0.3, -0.25) is 4.79 Å². The van der Waals surface area contributed by atoms with Gasteiger partial charge >= 0.3 is 0 Å². The van der Waals surface area contributed by atoms with Crippen molar-refractivity contribution in [3.63, 3.8) is 0 Å². The normalized spacial score (nSPS) is 43.6. The van der Waals surface area contributed by atoms with Crippen LogP contribution in [-0.4, -0.2) is 28.7 Å². The molecule has 0 saturated heterocycles. The van der Waals surface area contributed by atoms with Gasteiger partial charge in [0.15, 0.2) is 0 Å². The van der Waals surface area contributed by atoms with Crippen LogP contribution in [0.3, 0.4) is 0 Å². The first-order valence-electron chi connectivity index (χ1n) is 6.27. The number of nitrogens with two attached hydrogens (primary N) is 1. The minimum atomic E-state index is -0.668. The van der Waals surface area contributed by atoms with E-state index in [0.29, 0.717) is 18.8 Å². The molecule has 0 aliphatic heterocycles. The fraction of sp³-hybridized carbons (Fsp3) is 0.917. The van der Waals surface area contributed by atoms with Crippen LogP contribution >= 0.6 is 0 Å². The van der Waals surface area contributed by atoms with Gasteiger partial charge in [0.1, 0.15) is 0 Å². The summed E-state index contributed by atoms with van der Waals surface area (Å²) in [6.07, 6.45) is 4.91. The number of hydrogen-bond acceptors (Lipinski definition) is 3. The average molecular weight is 226 g/mol. The second kappa shape index (κ2) is 4.34. The van der Waals surface area contributed by atoms with Gasteiger partial charge in [0, 0.05) is 6.04 Å². The standard InChI is InChI=1S/C12H22N2O2/c1-8-3-2-4-12(13,7-8)11(16)14-9-5-10(15)6-9/h8-10,15H,2-7,13H2,1H3,(H,14,16). The van der Waals surface area contributed by atoms with Crippen LogP contribution in [0.25, 0.3) is 0 Å². The maximum Gasteiger partial charge on any atom is 0.240 e. The highest BCUT2D eigenvalue weighted by Crippen LogP contribution is 2.31. The minimum absolute atomic E-state index is 0.0176. The SMILES string of the molecule is CC1CCCC(N)(C(=O)NC2CC(O)C2)C1. The molecule has 2 rings (SSSR count). The Morgan fingerprint density at radius 2 is 2.19 bits per heavy atom. The topological polar surface area (TPSA) is 75.4 Å². The van der Waals surface area contributed by atoms with Gasteiger partial charge in [0.25, 0.3) is 0 Å². The van der Waals surface area contributed by atoms with Crippen LogP contribution in [0.1, 0.15) is 45.4 Å². The van der Waals surface area contributed by atoms with Crippen LogP contribution in [0.5, 0.6) is 0 Å². The molecular formula is C12H22N2O2. The Bertz CT molecular complexity index is 276. The van der Waals surface area contributed by atoms with Crippen LogP contribution in [0.4, 0.5) is 0 Å². The molecule has 2 aliphatic carbocycles. The second-order valence-electron chi connectivity index (χ2n) is 5.65. The van der Waals surface area contributed by atoms with Crippen molar-refractivity contribution in [1.29, 1.82) is 0 Å². The monoisotopic (exact) mass is 226 g/mol. The molecule has 0 aromatic rings. The minimum Gasteiger partial charge on any atom is -0.393 e. The number of carbonyl (C=O) groups excluding carboxylic acids is 1. The van der Waals surface area contributed by atoms with E-state index in [-0.39, 0.29) is 18.1 Å². The fourth-order valence-electron chi connectivity index (χ4n) is 2.83. The molecule has 4 nitrogen and oxygen atoms in total. The molecule has 2 unspecified atom stereocenters. The number of carbonyl (C=O) groups is 1. The molecule has 0 aromatic heterocycles. The molecule has 0 spiro atoms. The summed E-state index contributed by atoms with van der Waals surface area (Å²) >= 11 is 0. The Balaban J connectivity index is 1.87. The zero-order chi connectivity index (χ0) is 11.8. The molecule has 0 heterocycles. The summed E-state index contributed by atoms with van der Waals surface area (Å²) in [4.78, 5) is 12.1. The predicted octanol–water partition coefficient (Wildman–Crippen LogP) is 0.533. The largest absolute Gasteiger partial charge is 0.393 e. The molecular weight excluding hydrogens is 204 g/mol. The number of rotatable bonds is 2. The molecule has 92 valence electrons. The van der Waals surface area contributed by atoms with Crippen LogP contribution in [0.2, 0.25) is 0 Å². The van der Waals surface area contributed by atoms with Crippen molar-refractivity contribution in [2.45, 2.75) is 63.1 Å². The lowest BCUT2D eigenvalue weighted by molar-refractivity contribution is -0.130. The zero-order valence-electron chi connectivity index (χ0n) is 9.91. The van der Waals surface area contributed by atoms with E-state index in [1.807, 2.05) is 0 Å². The lowest BCUT2D eigenvalue weighted by Gasteiger charge is -2.39. The first kappa shape index (κ1) is 11.9. The first-order chi connectivity index (χ1) is 7.49. The lowest BCUT2D eigenvalue weighted by atomic mass is 9.76. The summed E-state index contributed by atoms with van der Waals surface area (Å²) in [5.41, 5.74) is 5.51. The van der Waals surface area contributed by atoms with E-state index in [0.717, 1.165) is 19.3 Å². The van der Waals surface area contributed by atoms with Crippen molar-refractivity contribution in [2.75, 3.05) is 0 Å². The van der Waals surface area contributed by atoms with E-state index in [4.69, 9.17) is 10.8 Å². The van der Waals surface area contributed by atoms with Gasteiger partial charge in [-0.05, 0) is 31.6 Å². The highest BCUT2D eigenvalue weighted by atomic mass is 16.3. The van der Waals surface area contributed by atoms with Crippen molar-refractivity contribution in [1.82, 2.24) is 5.32 Å². The van der Waals surface area contributed by atoms with Crippen LogP contribution < -0.4 is 11.1 Å². The van der Waals surface area contributed by atoms with E-state index in [9.17, 15) is 4.79 Å². The first-order valence-corrected chi connectivity index (χ1v) is 6.27. The van der Waals surface area contributed by atoms with Crippen LogP contribution in [0.15, 0.2) is 0 Å². The van der Waals surface area contributed by atoms with Gasteiger partial charge in [-0.25, -0.2) is 0 Å². The molecule has 0 aromatic carbocycles. The van der Waals surface area contributed by atoms with Crippen molar-refractivity contribution in [2.24, 2.45) is 11.7 Å². The molecule has 4 heteroatoms. The van der Waals surface area contributed by atoms with Crippen molar-refractivity contribution >= 4 is 5.91 Å². The summed E-state index contributed by atoms with van der Waals surface area (Å²) in [6, 6.07) is 0.139. The third-order valence-electron chi connectivity index (χ3n) is 3.93. The number of hydrogen-bond donors (Lipinski definition) is 3. The smallest absolute Gasteiger partial charge is 0.240 e. The average Bonchev–Trinajstić information content (AvgIpc) is 2.14. The molecule has 2 fully saturated rings. The predicted molar refractivity (Wildman–Crippen MR) is 61.7 cm³/mol. The van der Waals surface area contributed by atoms with Crippen molar-refractivity contribution in [3.05, 3.63) is 0 Å².